The fourth-order valence-electron chi connectivity index (χ4n) is 3.82. The SMILES string of the molecule is CN(C(=O)C1CCN(Cc2cc(Br)ccc2OCc2ccc(Cl)cc2)C1)c1cnccn1. The lowest BCUT2D eigenvalue weighted by atomic mass is 10.1. The summed E-state index contributed by atoms with van der Waals surface area (Å²) in [6.45, 7) is 2.74. The van der Waals surface area contributed by atoms with Crippen molar-refractivity contribution in [2.75, 3.05) is 25.0 Å². The first-order chi connectivity index (χ1) is 15.5. The lowest BCUT2D eigenvalue weighted by Crippen LogP contribution is -2.35. The summed E-state index contributed by atoms with van der Waals surface area (Å²) >= 11 is 9.54. The lowest BCUT2D eigenvalue weighted by molar-refractivity contribution is -0.121. The molecule has 1 saturated heterocycles. The molecule has 1 atom stereocenters. The van der Waals surface area contributed by atoms with Crippen molar-refractivity contribution in [1.29, 1.82) is 0 Å². The number of carbonyl (C=O) groups excluding carboxylic acids is 1. The van der Waals surface area contributed by atoms with Crippen LogP contribution in [0.3, 0.4) is 0 Å². The van der Waals surface area contributed by atoms with Crippen molar-refractivity contribution in [3.05, 3.63) is 81.7 Å². The molecule has 0 saturated carbocycles. The first-order valence-electron chi connectivity index (χ1n) is 10.4. The van der Waals surface area contributed by atoms with Gasteiger partial charge in [-0.25, -0.2) is 4.98 Å². The Morgan fingerprint density at radius 3 is 2.81 bits per heavy atom. The third-order valence-electron chi connectivity index (χ3n) is 5.57. The molecule has 32 heavy (non-hydrogen) atoms. The third kappa shape index (κ3) is 5.65. The summed E-state index contributed by atoms with van der Waals surface area (Å²) in [6.07, 6.45) is 5.62. The highest BCUT2D eigenvalue weighted by atomic mass is 79.9. The first kappa shape index (κ1) is 22.7. The Kier molecular flexibility index (Phi) is 7.40. The minimum atomic E-state index is -0.0624. The minimum absolute atomic E-state index is 0.0624. The van der Waals surface area contributed by atoms with Gasteiger partial charge < -0.3 is 4.74 Å². The maximum Gasteiger partial charge on any atom is 0.232 e. The van der Waals surface area contributed by atoms with Gasteiger partial charge in [0.1, 0.15) is 12.4 Å². The number of aromatic nitrogens is 2. The van der Waals surface area contributed by atoms with Gasteiger partial charge in [0.05, 0.1) is 12.1 Å². The maximum atomic E-state index is 12.9. The average Bonchev–Trinajstić information content (AvgIpc) is 3.28. The molecular formula is C24H24BrClN4O2. The Morgan fingerprint density at radius 1 is 1.25 bits per heavy atom. The molecule has 1 fully saturated rings. The van der Waals surface area contributed by atoms with Crippen molar-refractivity contribution in [2.24, 2.45) is 5.92 Å². The summed E-state index contributed by atoms with van der Waals surface area (Å²) in [5, 5.41) is 0.709. The Hall–Kier alpha value is -2.48. The van der Waals surface area contributed by atoms with E-state index in [1.165, 1.54) is 0 Å². The van der Waals surface area contributed by atoms with Crippen LogP contribution in [0, 0.1) is 5.92 Å². The van der Waals surface area contributed by atoms with E-state index < -0.39 is 0 Å². The summed E-state index contributed by atoms with van der Waals surface area (Å²) in [6, 6.07) is 13.7. The normalized spacial score (nSPS) is 16.2. The Bertz CT molecular complexity index is 1070. The van der Waals surface area contributed by atoms with Gasteiger partial charge in [0, 0.05) is 47.6 Å². The zero-order chi connectivity index (χ0) is 22.5. The summed E-state index contributed by atoms with van der Waals surface area (Å²) in [7, 11) is 1.76. The molecule has 1 aliphatic rings. The Balaban J connectivity index is 1.39. The summed E-state index contributed by atoms with van der Waals surface area (Å²) in [5.41, 5.74) is 2.14. The quantitative estimate of drug-likeness (QED) is 0.445. The highest BCUT2D eigenvalue weighted by Gasteiger charge is 2.31. The standard InChI is InChI=1S/C24H24BrClN4O2/c1-29(23-13-27-9-10-28-23)24(31)18-8-11-30(14-18)15-19-12-20(25)4-7-22(19)32-16-17-2-5-21(26)6-3-17/h2-7,9-10,12-13,18H,8,11,14-16H2,1H3. The number of hydrogen-bond donors (Lipinski definition) is 0. The maximum absolute atomic E-state index is 12.9. The number of ether oxygens (including phenoxy) is 1. The number of nitrogens with zero attached hydrogens (tertiary/aromatic N) is 4. The van der Waals surface area contributed by atoms with Crippen LogP contribution in [0.4, 0.5) is 5.82 Å². The van der Waals surface area contributed by atoms with Crippen LogP contribution >= 0.6 is 27.5 Å². The van der Waals surface area contributed by atoms with Crippen LogP contribution in [0.15, 0.2) is 65.5 Å². The predicted octanol–water partition coefficient (Wildman–Crippen LogP) is 4.96. The van der Waals surface area contributed by atoms with Gasteiger partial charge in [0.2, 0.25) is 5.91 Å². The van der Waals surface area contributed by atoms with Crippen molar-refractivity contribution >= 4 is 39.3 Å². The molecule has 0 spiro atoms. The first-order valence-corrected chi connectivity index (χ1v) is 11.6. The van der Waals surface area contributed by atoms with Gasteiger partial charge in [-0.3, -0.25) is 19.6 Å². The number of anilines is 1. The van der Waals surface area contributed by atoms with Crippen LogP contribution in [-0.4, -0.2) is 40.9 Å². The number of carbonyl (C=O) groups is 1. The number of amides is 1. The van der Waals surface area contributed by atoms with E-state index in [-0.39, 0.29) is 11.8 Å². The fraction of sp³-hybridized carbons (Fsp3) is 0.292. The average molecular weight is 516 g/mol. The predicted molar refractivity (Wildman–Crippen MR) is 129 cm³/mol. The van der Waals surface area contributed by atoms with Crippen LogP contribution in [0.1, 0.15) is 17.5 Å². The molecule has 6 nitrogen and oxygen atoms in total. The van der Waals surface area contributed by atoms with Gasteiger partial charge in [-0.05, 0) is 48.9 Å². The summed E-state index contributed by atoms with van der Waals surface area (Å²) in [5.74, 6) is 1.42. The molecule has 4 rings (SSSR count). The molecule has 166 valence electrons. The molecule has 8 heteroatoms. The summed E-state index contributed by atoms with van der Waals surface area (Å²) < 4.78 is 7.12. The van der Waals surface area contributed by atoms with Crippen LogP contribution in [0.2, 0.25) is 5.02 Å². The van der Waals surface area contributed by atoms with Gasteiger partial charge in [-0.15, -0.1) is 0 Å². The van der Waals surface area contributed by atoms with E-state index in [2.05, 4.69) is 36.9 Å². The molecule has 0 aliphatic carbocycles. The van der Waals surface area contributed by atoms with E-state index in [1.54, 1.807) is 30.5 Å². The van der Waals surface area contributed by atoms with Crippen molar-refractivity contribution < 1.29 is 9.53 Å². The zero-order valence-electron chi connectivity index (χ0n) is 17.7. The highest BCUT2D eigenvalue weighted by molar-refractivity contribution is 9.10. The second-order valence-electron chi connectivity index (χ2n) is 7.85. The second-order valence-corrected chi connectivity index (χ2v) is 9.20. The van der Waals surface area contributed by atoms with E-state index >= 15 is 0 Å². The fourth-order valence-corrected chi connectivity index (χ4v) is 4.36. The van der Waals surface area contributed by atoms with Crippen molar-refractivity contribution in [2.45, 2.75) is 19.6 Å². The Morgan fingerprint density at radius 2 is 2.06 bits per heavy atom. The van der Waals surface area contributed by atoms with Crippen LogP contribution in [-0.2, 0) is 17.9 Å². The number of likely N-dealkylation sites (tertiary alicyclic amines) is 1. The molecule has 1 unspecified atom stereocenters. The lowest BCUT2D eigenvalue weighted by Gasteiger charge is -2.21. The van der Waals surface area contributed by atoms with Gasteiger partial charge in [0.15, 0.2) is 5.82 Å². The minimum Gasteiger partial charge on any atom is -0.489 e. The smallest absolute Gasteiger partial charge is 0.232 e. The van der Waals surface area contributed by atoms with Crippen molar-refractivity contribution in [3.63, 3.8) is 0 Å². The van der Waals surface area contributed by atoms with Gasteiger partial charge in [-0.2, -0.15) is 0 Å². The number of rotatable bonds is 7. The number of benzene rings is 2. The zero-order valence-corrected chi connectivity index (χ0v) is 20.1. The van der Waals surface area contributed by atoms with Gasteiger partial charge >= 0.3 is 0 Å². The van der Waals surface area contributed by atoms with Crippen LogP contribution in [0.25, 0.3) is 0 Å². The molecule has 2 aromatic carbocycles. The molecule has 0 N–H and O–H groups in total. The molecule has 0 bridgehead atoms. The van der Waals surface area contributed by atoms with E-state index in [9.17, 15) is 4.79 Å². The third-order valence-corrected chi connectivity index (χ3v) is 6.31. The van der Waals surface area contributed by atoms with E-state index in [4.69, 9.17) is 16.3 Å². The molecular weight excluding hydrogens is 492 g/mol. The number of halogens is 2. The largest absolute Gasteiger partial charge is 0.489 e. The Labute approximate surface area is 201 Å². The molecule has 1 amide bonds. The topological polar surface area (TPSA) is 58.6 Å². The molecule has 2 heterocycles. The van der Waals surface area contributed by atoms with E-state index in [1.807, 2.05) is 36.4 Å². The summed E-state index contributed by atoms with van der Waals surface area (Å²) in [4.78, 5) is 25.1. The molecule has 1 aliphatic heterocycles. The molecule has 3 aromatic rings. The second kappa shape index (κ2) is 10.4. The molecule has 0 radical (unpaired) electrons. The number of hydrogen-bond acceptors (Lipinski definition) is 5. The van der Waals surface area contributed by atoms with Crippen LogP contribution < -0.4 is 9.64 Å². The van der Waals surface area contributed by atoms with Crippen molar-refractivity contribution in [1.82, 2.24) is 14.9 Å². The highest BCUT2D eigenvalue weighted by Crippen LogP contribution is 2.28. The van der Waals surface area contributed by atoms with Crippen molar-refractivity contribution in [3.8, 4) is 5.75 Å². The monoisotopic (exact) mass is 514 g/mol. The van der Waals surface area contributed by atoms with Gasteiger partial charge in [-0.1, -0.05) is 39.7 Å². The van der Waals surface area contributed by atoms with E-state index in [0.717, 1.165) is 34.3 Å². The van der Waals surface area contributed by atoms with E-state index in [0.29, 0.717) is 30.5 Å². The van der Waals surface area contributed by atoms with Gasteiger partial charge in [0.25, 0.3) is 0 Å². The molecule has 1 aromatic heterocycles. The van der Waals surface area contributed by atoms with Crippen LogP contribution in [0.5, 0.6) is 5.75 Å².